The SMILES string of the molecule is C=Cc1ccc(O)c(C(=C)c2ccc(O)cc2)c1. The van der Waals surface area contributed by atoms with Crippen molar-refractivity contribution in [3.8, 4) is 11.5 Å². The van der Waals surface area contributed by atoms with Crippen LogP contribution in [0.2, 0.25) is 0 Å². The maximum atomic E-state index is 9.87. The fourth-order valence-corrected chi connectivity index (χ4v) is 1.74. The van der Waals surface area contributed by atoms with Crippen molar-refractivity contribution in [3.05, 3.63) is 72.3 Å². The van der Waals surface area contributed by atoms with Gasteiger partial charge in [0.1, 0.15) is 11.5 Å². The minimum Gasteiger partial charge on any atom is -0.508 e. The molecular formula is C16H14O2. The van der Waals surface area contributed by atoms with Crippen LogP contribution in [0.5, 0.6) is 11.5 Å². The van der Waals surface area contributed by atoms with Crippen molar-refractivity contribution in [2.75, 3.05) is 0 Å². The Hall–Kier alpha value is -2.48. The Morgan fingerprint density at radius 1 is 1.00 bits per heavy atom. The van der Waals surface area contributed by atoms with Gasteiger partial charge in [-0.05, 0) is 41.0 Å². The quantitative estimate of drug-likeness (QED) is 0.853. The number of phenolic OH excluding ortho intramolecular Hbond substituents is 2. The molecule has 0 amide bonds. The molecule has 0 aliphatic carbocycles. The lowest BCUT2D eigenvalue weighted by Crippen LogP contribution is -1.88. The van der Waals surface area contributed by atoms with Gasteiger partial charge in [0.2, 0.25) is 0 Å². The minimum atomic E-state index is 0.179. The summed E-state index contributed by atoms with van der Waals surface area (Å²) < 4.78 is 0. The summed E-state index contributed by atoms with van der Waals surface area (Å²) >= 11 is 0. The van der Waals surface area contributed by atoms with Gasteiger partial charge in [-0.2, -0.15) is 0 Å². The molecule has 0 atom stereocenters. The highest BCUT2D eigenvalue weighted by Crippen LogP contribution is 2.30. The maximum Gasteiger partial charge on any atom is 0.123 e. The molecule has 2 N–H and O–H groups in total. The molecule has 18 heavy (non-hydrogen) atoms. The number of rotatable bonds is 3. The molecule has 0 aliphatic rings. The van der Waals surface area contributed by atoms with Crippen LogP contribution in [0.4, 0.5) is 0 Å². The third-order valence-electron chi connectivity index (χ3n) is 2.80. The summed E-state index contributed by atoms with van der Waals surface area (Å²) in [5.41, 5.74) is 3.14. The van der Waals surface area contributed by atoms with Gasteiger partial charge in [-0.15, -0.1) is 0 Å². The average molecular weight is 238 g/mol. The van der Waals surface area contributed by atoms with Gasteiger partial charge in [0.05, 0.1) is 0 Å². The zero-order valence-electron chi connectivity index (χ0n) is 9.93. The summed E-state index contributed by atoms with van der Waals surface area (Å²) in [6, 6.07) is 11.9. The zero-order valence-corrected chi connectivity index (χ0v) is 9.93. The minimum absolute atomic E-state index is 0.179. The molecule has 0 spiro atoms. The second-order valence-corrected chi connectivity index (χ2v) is 4.01. The molecule has 0 heterocycles. The molecule has 0 aromatic heterocycles. The molecule has 0 saturated carbocycles. The summed E-state index contributed by atoms with van der Waals surface area (Å²) in [4.78, 5) is 0. The van der Waals surface area contributed by atoms with Crippen molar-refractivity contribution in [2.24, 2.45) is 0 Å². The predicted octanol–water partition coefficient (Wildman–Crippen LogP) is 3.80. The molecule has 0 aliphatic heterocycles. The average Bonchev–Trinajstić information content (AvgIpc) is 2.39. The first-order valence-electron chi connectivity index (χ1n) is 5.56. The van der Waals surface area contributed by atoms with E-state index in [0.717, 1.165) is 11.1 Å². The van der Waals surface area contributed by atoms with Crippen LogP contribution in [0.3, 0.4) is 0 Å². The molecule has 2 aromatic rings. The molecule has 0 bridgehead atoms. The molecular weight excluding hydrogens is 224 g/mol. The molecule has 2 aromatic carbocycles. The van der Waals surface area contributed by atoms with E-state index >= 15 is 0 Å². The first-order valence-corrected chi connectivity index (χ1v) is 5.56. The van der Waals surface area contributed by atoms with E-state index in [1.807, 2.05) is 6.07 Å². The second kappa shape index (κ2) is 4.80. The van der Waals surface area contributed by atoms with E-state index in [9.17, 15) is 10.2 Å². The van der Waals surface area contributed by atoms with Crippen LogP contribution >= 0.6 is 0 Å². The van der Waals surface area contributed by atoms with E-state index in [0.29, 0.717) is 11.1 Å². The summed E-state index contributed by atoms with van der Waals surface area (Å²) in [5.74, 6) is 0.384. The second-order valence-electron chi connectivity index (χ2n) is 4.01. The standard InChI is InChI=1S/C16H14O2/c1-3-12-4-9-16(18)15(10-12)11(2)13-5-7-14(17)8-6-13/h3-10,17-18H,1-2H2. The van der Waals surface area contributed by atoms with Gasteiger partial charge < -0.3 is 10.2 Å². The first-order chi connectivity index (χ1) is 8.61. The normalized spacial score (nSPS) is 10.0. The van der Waals surface area contributed by atoms with E-state index in [4.69, 9.17) is 0 Å². The van der Waals surface area contributed by atoms with Crippen LogP contribution in [-0.4, -0.2) is 10.2 Å². The molecule has 0 radical (unpaired) electrons. The van der Waals surface area contributed by atoms with E-state index in [2.05, 4.69) is 13.2 Å². The van der Waals surface area contributed by atoms with Gasteiger partial charge in [0.25, 0.3) is 0 Å². The Morgan fingerprint density at radius 2 is 1.67 bits per heavy atom. The fourth-order valence-electron chi connectivity index (χ4n) is 1.74. The number of hydrogen-bond donors (Lipinski definition) is 2. The Kier molecular flexibility index (Phi) is 3.20. The number of hydrogen-bond acceptors (Lipinski definition) is 2. The lowest BCUT2D eigenvalue weighted by Gasteiger charge is -2.09. The highest BCUT2D eigenvalue weighted by Gasteiger charge is 2.08. The van der Waals surface area contributed by atoms with Crippen molar-refractivity contribution in [3.63, 3.8) is 0 Å². The van der Waals surface area contributed by atoms with E-state index < -0.39 is 0 Å². The summed E-state index contributed by atoms with van der Waals surface area (Å²) in [7, 11) is 0. The molecule has 2 nitrogen and oxygen atoms in total. The molecule has 2 rings (SSSR count). The molecule has 0 unspecified atom stereocenters. The number of phenols is 2. The lowest BCUT2D eigenvalue weighted by atomic mass is 9.97. The van der Waals surface area contributed by atoms with Gasteiger partial charge in [0, 0.05) is 5.56 Å². The maximum absolute atomic E-state index is 9.87. The number of benzene rings is 2. The smallest absolute Gasteiger partial charge is 0.123 e. The topological polar surface area (TPSA) is 40.5 Å². The van der Waals surface area contributed by atoms with Crippen LogP contribution in [0.15, 0.2) is 55.6 Å². The Balaban J connectivity index is 2.45. The summed E-state index contributed by atoms with van der Waals surface area (Å²) in [5, 5.41) is 19.1. The molecule has 2 heteroatoms. The predicted molar refractivity (Wildman–Crippen MR) is 74.4 cm³/mol. The molecule has 0 saturated heterocycles. The van der Waals surface area contributed by atoms with Crippen LogP contribution < -0.4 is 0 Å². The zero-order chi connectivity index (χ0) is 13.1. The van der Waals surface area contributed by atoms with Crippen molar-refractivity contribution in [1.82, 2.24) is 0 Å². The lowest BCUT2D eigenvalue weighted by molar-refractivity contribution is 0.473. The fraction of sp³-hybridized carbons (Fsp3) is 0. The van der Waals surface area contributed by atoms with Gasteiger partial charge in [-0.3, -0.25) is 0 Å². The number of aromatic hydroxyl groups is 2. The van der Waals surface area contributed by atoms with E-state index in [1.54, 1.807) is 42.5 Å². The van der Waals surface area contributed by atoms with Crippen molar-refractivity contribution in [1.29, 1.82) is 0 Å². The Labute approximate surface area is 106 Å². The van der Waals surface area contributed by atoms with Crippen molar-refractivity contribution in [2.45, 2.75) is 0 Å². The van der Waals surface area contributed by atoms with Crippen LogP contribution in [0.1, 0.15) is 16.7 Å². The monoisotopic (exact) mass is 238 g/mol. The van der Waals surface area contributed by atoms with Gasteiger partial charge in [0.15, 0.2) is 0 Å². The Morgan fingerprint density at radius 3 is 2.28 bits per heavy atom. The van der Waals surface area contributed by atoms with Crippen LogP contribution in [0, 0.1) is 0 Å². The van der Waals surface area contributed by atoms with Crippen molar-refractivity contribution >= 4 is 11.6 Å². The van der Waals surface area contributed by atoms with Gasteiger partial charge in [-0.25, -0.2) is 0 Å². The first kappa shape index (κ1) is 12.0. The highest BCUT2D eigenvalue weighted by atomic mass is 16.3. The van der Waals surface area contributed by atoms with E-state index in [-0.39, 0.29) is 11.5 Å². The van der Waals surface area contributed by atoms with Gasteiger partial charge in [-0.1, -0.05) is 37.4 Å². The van der Waals surface area contributed by atoms with E-state index in [1.165, 1.54) is 0 Å². The summed E-state index contributed by atoms with van der Waals surface area (Å²) in [6.45, 7) is 7.69. The van der Waals surface area contributed by atoms with Crippen LogP contribution in [-0.2, 0) is 0 Å². The third-order valence-corrected chi connectivity index (χ3v) is 2.80. The van der Waals surface area contributed by atoms with Gasteiger partial charge >= 0.3 is 0 Å². The third kappa shape index (κ3) is 2.28. The van der Waals surface area contributed by atoms with Crippen LogP contribution in [0.25, 0.3) is 11.6 Å². The molecule has 0 fully saturated rings. The van der Waals surface area contributed by atoms with Crippen molar-refractivity contribution < 1.29 is 10.2 Å². The largest absolute Gasteiger partial charge is 0.508 e. The highest BCUT2D eigenvalue weighted by molar-refractivity contribution is 5.82. The Bertz CT molecular complexity index is 595. The molecule has 90 valence electrons. The summed E-state index contributed by atoms with van der Waals surface area (Å²) in [6.07, 6.45) is 1.72.